The molecular formula is C9H4F5IN2O. The zero-order valence-corrected chi connectivity index (χ0v) is 10.6. The summed E-state index contributed by atoms with van der Waals surface area (Å²) in [5.74, 6) is -0.697. The molecule has 18 heavy (non-hydrogen) atoms. The quantitative estimate of drug-likeness (QED) is 0.459. The summed E-state index contributed by atoms with van der Waals surface area (Å²) in [5.41, 5.74) is -0.998. The van der Waals surface area contributed by atoms with E-state index >= 15 is 0 Å². The minimum absolute atomic E-state index is 0.285. The van der Waals surface area contributed by atoms with Crippen LogP contribution in [0.4, 0.5) is 22.0 Å². The van der Waals surface area contributed by atoms with Crippen LogP contribution >= 0.6 is 22.6 Å². The minimum Gasteiger partial charge on any atom is -0.403 e. The van der Waals surface area contributed by atoms with Crippen LogP contribution in [0.15, 0.2) is 6.07 Å². The third-order valence-corrected chi connectivity index (χ3v) is 2.53. The van der Waals surface area contributed by atoms with Crippen molar-refractivity contribution in [3.8, 4) is 11.8 Å². The van der Waals surface area contributed by atoms with E-state index in [2.05, 4.69) is 9.72 Å². The van der Waals surface area contributed by atoms with Gasteiger partial charge in [-0.05, 0) is 34.2 Å². The summed E-state index contributed by atoms with van der Waals surface area (Å²) in [6.45, 7) is 0. The smallest absolute Gasteiger partial charge is 0.403 e. The van der Waals surface area contributed by atoms with Crippen molar-refractivity contribution in [2.45, 2.75) is 19.2 Å². The molecule has 3 nitrogen and oxygen atoms in total. The monoisotopic (exact) mass is 378 g/mol. The van der Waals surface area contributed by atoms with E-state index in [4.69, 9.17) is 5.26 Å². The Morgan fingerprint density at radius 2 is 2.06 bits per heavy atom. The molecule has 0 aliphatic carbocycles. The van der Waals surface area contributed by atoms with Crippen molar-refractivity contribution < 1.29 is 26.7 Å². The van der Waals surface area contributed by atoms with Crippen LogP contribution in [0.25, 0.3) is 0 Å². The van der Waals surface area contributed by atoms with E-state index in [1.807, 2.05) is 0 Å². The van der Waals surface area contributed by atoms with Gasteiger partial charge in [0.25, 0.3) is 6.43 Å². The molecule has 1 aromatic rings. The molecule has 0 atom stereocenters. The summed E-state index contributed by atoms with van der Waals surface area (Å²) in [4.78, 5) is 3.34. The normalized spacial score (nSPS) is 11.4. The first-order valence-electron chi connectivity index (χ1n) is 4.34. The highest BCUT2D eigenvalue weighted by Gasteiger charge is 2.33. The number of nitriles is 1. The zero-order chi connectivity index (χ0) is 13.9. The van der Waals surface area contributed by atoms with Crippen molar-refractivity contribution in [2.75, 3.05) is 0 Å². The molecule has 0 saturated carbocycles. The lowest BCUT2D eigenvalue weighted by Crippen LogP contribution is -2.18. The Labute approximate surface area is 112 Å². The van der Waals surface area contributed by atoms with Gasteiger partial charge < -0.3 is 4.74 Å². The van der Waals surface area contributed by atoms with Crippen LogP contribution in [-0.4, -0.2) is 11.3 Å². The Bertz CT molecular complexity index is 483. The highest BCUT2D eigenvalue weighted by molar-refractivity contribution is 14.1. The second kappa shape index (κ2) is 5.64. The summed E-state index contributed by atoms with van der Waals surface area (Å²) >= 11 is 1.35. The summed E-state index contributed by atoms with van der Waals surface area (Å²) in [6.07, 6.45) is -8.39. The lowest BCUT2D eigenvalue weighted by atomic mass is 10.1. The van der Waals surface area contributed by atoms with Crippen LogP contribution < -0.4 is 4.74 Å². The van der Waals surface area contributed by atoms with Crippen LogP contribution in [-0.2, 0) is 6.42 Å². The SMILES string of the molecule is N#CCc1cc(OC(F)(F)F)c(I)nc1C(F)F. The molecule has 0 aliphatic rings. The Hall–Kier alpha value is -1.18. The lowest BCUT2D eigenvalue weighted by Gasteiger charge is -2.13. The predicted octanol–water partition coefficient (Wildman–Crippen LogP) is 3.59. The van der Waals surface area contributed by atoms with E-state index < -0.39 is 30.7 Å². The van der Waals surface area contributed by atoms with Crippen molar-refractivity contribution >= 4 is 22.6 Å². The van der Waals surface area contributed by atoms with Crippen molar-refractivity contribution in [3.05, 3.63) is 21.0 Å². The molecule has 0 aromatic carbocycles. The second-order valence-electron chi connectivity index (χ2n) is 3.01. The van der Waals surface area contributed by atoms with Crippen molar-refractivity contribution in [2.24, 2.45) is 0 Å². The summed E-state index contributed by atoms with van der Waals surface area (Å²) in [6, 6.07) is 2.33. The molecule has 0 bridgehead atoms. The Morgan fingerprint density at radius 3 is 2.50 bits per heavy atom. The largest absolute Gasteiger partial charge is 0.573 e. The van der Waals surface area contributed by atoms with Crippen LogP contribution in [0.5, 0.6) is 5.75 Å². The van der Waals surface area contributed by atoms with Gasteiger partial charge >= 0.3 is 6.36 Å². The molecule has 1 heterocycles. The van der Waals surface area contributed by atoms with E-state index in [1.54, 1.807) is 6.07 Å². The fourth-order valence-corrected chi connectivity index (χ4v) is 1.66. The molecule has 0 aliphatic heterocycles. The molecule has 0 spiro atoms. The number of alkyl halides is 5. The van der Waals surface area contributed by atoms with Crippen LogP contribution in [0.2, 0.25) is 0 Å². The molecule has 98 valence electrons. The van der Waals surface area contributed by atoms with Gasteiger partial charge in [-0.2, -0.15) is 5.26 Å². The van der Waals surface area contributed by atoms with Crippen LogP contribution in [0.3, 0.4) is 0 Å². The Balaban J connectivity index is 3.23. The number of nitrogens with zero attached hydrogens (tertiary/aromatic N) is 2. The maximum atomic E-state index is 12.6. The molecule has 9 heteroatoms. The minimum atomic E-state index is -4.95. The highest BCUT2D eigenvalue weighted by Crippen LogP contribution is 2.31. The summed E-state index contributed by atoms with van der Waals surface area (Å²) < 4.78 is 64.5. The van der Waals surface area contributed by atoms with Crippen LogP contribution in [0.1, 0.15) is 17.7 Å². The van der Waals surface area contributed by atoms with E-state index in [-0.39, 0.29) is 9.26 Å². The fraction of sp³-hybridized carbons (Fsp3) is 0.333. The van der Waals surface area contributed by atoms with Gasteiger partial charge in [0.1, 0.15) is 9.39 Å². The molecule has 0 saturated heterocycles. The lowest BCUT2D eigenvalue weighted by molar-refractivity contribution is -0.275. The van der Waals surface area contributed by atoms with Gasteiger partial charge in [-0.1, -0.05) is 0 Å². The number of aromatic nitrogens is 1. The summed E-state index contributed by atoms with van der Waals surface area (Å²) in [7, 11) is 0. The van der Waals surface area contributed by atoms with Crippen molar-refractivity contribution in [1.82, 2.24) is 4.98 Å². The maximum absolute atomic E-state index is 12.6. The number of pyridine rings is 1. The summed E-state index contributed by atoms with van der Waals surface area (Å²) in [5, 5.41) is 8.43. The third kappa shape index (κ3) is 3.94. The molecule has 0 amide bonds. The average molecular weight is 378 g/mol. The van der Waals surface area contributed by atoms with Gasteiger partial charge in [-0.15, -0.1) is 13.2 Å². The van der Waals surface area contributed by atoms with E-state index in [1.165, 1.54) is 22.6 Å². The van der Waals surface area contributed by atoms with E-state index in [0.29, 0.717) is 0 Å². The molecule has 0 unspecified atom stereocenters. The number of hydrogen-bond acceptors (Lipinski definition) is 3. The molecule has 0 N–H and O–H groups in total. The molecule has 0 radical (unpaired) electrons. The topological polar surface area (TPSA) is 45.9 Å². The number of ether oxygens (including phenoxy) is 1. The fourth-order valence-electron chi connectivity index (χ4n) is 1.14. The predicted molar refractivity (Wildman–Crippen MR) is 57.9 cm³/mol. The molecule has 1 aromatic heterocycles. The first kappa shape index (κ1) is 14.9. The van der Waals surface area contributed by atoms with Gasteiger partial charge in [-0.25, -0.2) is 13.8 Å². The highest BCUT2D eigenvalue weighted by atomic mass is 127. The van der Waals surface area contributed by atoms with Crippen molar-refractivity contribution in [1.29, 1.82) is 5.26 Å². The number of hydrogen-bond donors (Lipinski definition) is 0. The van der Waals surface area contributed by atoms with Crippen LogP contribution in [0, 0.1) is 15.0 Å². The van der Waals surface area contributed by atoms with Gasteiger partial charge in [0, 0.05) is 0 Å². The van der Waals surface area contributed by atoms with E-state index in [9.17, 15) is 22.0 Å². The third-order valence-electron chi connectivity index (χ3n) is 1.76. The van der Waals surface area contributed by atoms with E-state index in [0.717, 1.165) is 6.07 Å². The molecule has 0 fully saturated rings. The van der Waals surface area contributed by atoms with Gasteiger partial charge in [0.15, 0.2) is 5.75 Å². The number of rotatable bonds is 3. The first-order valence-corrected chi connectivity index (χ1v) is 5.42. The molecular weight excluding hydrogens is 374 g/mol. The Kier molecular flexibility index (Phi) is 4.66. The van der Waals surface area contributed by atoms with Gasteiger partial charge in [-0.3, -0.25) is 0 Å². The van der Waals surface area contributed by atoms with Gasteiger partial charge in [0.2, 0.25) is 0 Å². The van der Waals surface area contributed by atoms with Crippen molar-refractivity contribution in [3.63, 3.8) is 0 Å². The second-order valence-corrected chi connectivity index (χ2v) is 4.03. The number of halogens is 6. The standard InChI is InChI=1S/C9H4F5IN2O/c10-7(11)6-4(1-2-16)3-5(8(15)17-6)18-9(12,13)14/h3,7H,1H2. The first-order chi connectivity index (χ1) is 8.24. The van der Waals surface area contributed by atoms with Gasteiger partial charge in [0.05, 0.1) is 12.5 Å². The maximum Gasteiger partial charge on any atom is 0.573 e. The molecule has 1 rings (SSSR count). The Morgan fingerprint density at radius 1 is 1.44 bits per heavy atom. The zero-order valence-electron chi connectivity index (χ0n) is 8.43. The average Bonchev–Trinajstić information content (AvgIpc) is 2.20.